The third-order valence-electron chi connectivity index (χ3n) is 5.39. The fraction of sp³-hybridized carbons (Fsp3) is 0.240. The van der Waals surface area contributed by atoms with Crippen molar-refractivity contribution in [2.45, 2.75) is 25.8 Å². The number of hydrogen-bond acceptors (Lipinski definition) is 4. The van der Waals surface area contributed by atoms with Gasteiger partial charge in [-0.25, -0.2) is 0 Å². The highest BCUT2D eigenvalue weighted by atomic mass is 16.5. The third kappa shape index (κ3) is 4.65. The topological polar surface area (TPSA) is 90.5 Å². The number of benzene rings is 2. The Morgan fingerprint density at radius 3 is 2.50 bits per heavy atom. The molecule has 7 nitrogen and oxygen atoms in total. The van der Waals surface area contributed by atoms with E-state index in [2.05, 4.69) is 16.9 Å². The molecule has 1 atom stereocenters. The minimum Gasteiger partial charge on any atom is -0.457 e. The molecule has 1 saturated heterocycles. The molecule has 32 heavy (non-hydrogen) atoms. The van der Waals surface area contributed by atoms with Crippen LogP contribution in [-0.2, 0) is 4.79 Å². The number of hydrogen-bond donors (Lipinski definition) is 1. The van der Waals surface area contributed by atoms with Crippen molar-refractivity contribution in [3.05, 3.63) is 66.4 Å². The van der Waals surface area contributed by atoms with Crippen molar-refractivity contribution in [2.24, 2.45) is 5.73 Å². The highest BCUT2D eigenvalue weighted by Gasteiger charge is 2.26. The van der Waals surface area contributed by atoms with E-state index in [-0.39, 0.29) is 11.9 Å². The molecule has 2 aromatic carbocycles. The Kier molecular flexibility index (Phi) is 6.22. The van der Waals surface area contributed by atoms with Crippen LogP contribution < -0.4 is 10.5 Å². The molecule has 1 aliphatic heterocycles. The van der Waals surface area contributed by atoms with Crippen LogP contribution in [0.1, 0.15) is 36.2 Å². The number of amides is 2. The lowest BCUT2D eigenvalue weighted by Gasteiger charge is -2.31. The number of likely N-dealkylation sites (tertiary alicyclic amines) is 1. The van der Waals surface area contributed by atoms with Crippen molar-refractivity contribution >= 4 is 11.8 Å². The van der Waals surface area contributed by atoms with Gasteiger partial charge in [0, 0.05) is 24.8 Å². The zero-order valence-electron chi connectivity index (χ0n) is 17.8. The number of carbonyl (C=O) groups excluding carboxylic acids is 2. The summed E-state index contributed by atoms with van der Waals surface area (Å²) in [5.74, 6) is 5.94. The van der Waals surface area contributed by atoms with Gasteiger partial charge in [0.05, 0.1) is 11.6 Å². The first-order valence-corrected chi connectivity index (χ1v) is 10.5. The molecule has 1 aliphatic rings. The Balaban J connectivity index is 1.57. The van der Waals surface area contributed by atoms with Crippen LogP contribution in [0, 0.1) is 11.8 Å². The lowest BCUT2D eigenvalue weighted by Crippen LogP contribution is -2.40. The number of aromatic nitrogens is 2. The number of nitrogens with zero attached hydrogens (tertiary/aromatic N) is 3. The van der Waals surface area contributed by atoms with E-state index in [1.54, 1.807) is 22.7 Å². The average molecular weight is 428 g/mol. The normalized spacial score (nSPS) is 15.5. The summed E-state index contributed by atoms with van der Waals surface area (Å²) >= 11 is 0. The Bertz CT molecular complexity index is 1170. The molecule has 0 unspecified atom stereocenters. The van der Waals surface area contributed by atoms with Crippen LogP contribution in [0.2, 0.25) is 0 Å². The van der Waals surface area contributed by atoms with E-state index in [0.717, 1.165) is 24.2 Å². The SMILES string of the molecule is CC#CC(=O)N1CCC[C@@H](n2cc(C(N)=O)c(-c3ccc(Oc4ccccc4)cc3)n2)C1. The first-order chi connectivity index (χ1) is 15.5. The summed E-state index contributed by atoms with van der Waals surface area (Å²) in [7, 11) is 0. The summed E-state index contributed by atoms with van der Waals surface area (Å²) in [6.45, 7) is 2.81. The summed E-state index contributed by atoms with van der Waals surface area (Å²) in [5.41, 5.74) is 7.27. The molecule has 3 aromatic rings. The number of para-hydroxylation sites is 1. The molecule has 0 spiro atoms. The summed E-state index contributed by atoms with van der Waals surface area (Å²) in [6, 6.07) is 16.8. The second-order valence-corrected chi connectivity index (χ2v) is 7.60. The minimum atomic E-state index is -0.545. The van der Waals surface area contributed by atoms with Crippen LogP contribution in [0.4, 0.5) is 0 Å². The first kappa shape index (κ1) is 21.2. The third-order valence-corrected chi connectivity index (χ3v) is 5.39. The van der Waals surface area contributed by atoms with Crippen LogP contribution in [0.5, 0.6) is 11.5 Å². The van der Waals surface area contributed by atoms with Crippen LogP contribution >= 0.6 is 0 Å². The van der Waals surface area contributed by atoms with E-state index in [1.807, 2.05) is 54.6 Å². The Morgan fingerprint density at radius 2 is 1.81 bits per heavy atom. The first-order valence-electron chi connectivity index (χ1n) is 10.5. The molecule has 2 heterocycles. The predicted octanol–water partition coefficient (Wildman–Crippen LogP) is 3.63. The quantitative estimate of drug-likeness (QED) is 0.629. The molecule has 0 saturated carbocycles. The number of nitrogens with two attached hydrogens (primary N) is 1. The smallest absolute Gasteiger partial charge is 0.298 e. The van der Waals surface area contributed by atoms with E-state index >= 15 is 0 Å². The van der Waals surface area contributed by atoms with Crippen LogP contribution in [0.25, 0.3) is 11.3 Å². The second-order valence-electron chi connectivity index (χ2n) is 7.60. The van der Waals surface area contributed by atoms with Crippen molar-refractivity contribution in [1.82, 2.24) is 14.7 Å². The predicted molar refractivity (Wildman–Crippen MR) is 121 cm³/mol. The molecule has 1 fully saturated rings. The maximum atomic E-state index is 12.2. The number of piperidine rings is 1. The Labute approximate surface area is 186 Å². The second kappa shape index (κ2) is 9.40. The van der Waals surface area contributed by atoms with Crippen molar-refractivity contribution in [3.8, 4) is 34.6 Å². The average Bonchev–Trinajstić information content (AvgIpc) is 3.27. The summed E-state index contributed by atoms with van der Waals surface area (Å²) in [4.78, 5) is 26.0. The molecule has 2 amide bonds. The van der Waals surface area contributed by atoms with E-state index in [4.69, 9.17) is 10.5 Å². The summed E-state index contributed by atoms with van der Waals surface area (Å²) in [5, 5.41) is 4.68. The number of carbonyl (C=O) groups is 2. The van der Waals surface area contributed by atoms with Gasteiger partial charge in [-0.2, -0.15) is 5.10 Å². The fourth-order valence-corrected chi connectivity index (χ4v) is 3.82. The largest absolute Gasteiger partial charge is 0.457 e. The Hall–Kier alpha value is -4.05. The lowest BCUT2D eigenvalue weighted by atomic mass is 10.1. The zero-order valence-corrected chi connectivity index (χ0v) is 17.8. The van der Waals surface area contributed by atoms with Crippen molar-refractivity contribution in [3.63, 3.8) is 0 Å². The fourth-order valence-electron chi connectivity index (χ4n) is 3.82. The molecule has 7 heteroatoms. The van der Waals surface area contributed by atoms with Crippen LogP contribution in [-0.4, -0.2) is 39.6 Å². The van der Waals surface area contributed by atoms with Crippen molar-refractivity contribution < 1.29 is 14.3 Å². The van der Waals surface area contributed by atoms with Gasteiger partial charge in [0.25, 0.3) is 11.8 Å². The molecule has 0 aliphatic carbocycles. The molecular weight excluding hydrogens is 404 g/mol. The van der Waals surface area contributed by atoms with E-state index in [9.17, 15) is 9.59 Å². The van der Waals surface area contributed by atoms with Gasteiger partial charge in [-0.3, -0.25) is 14.3 Å². The number of primary amides is 1. The summed E-state index contributed by atoms with van der Waals surface area (Å²) < 4.78 is 7.59. The molecule has 4 rings (SSSR count). The van der Waals surface area contributed by atoms with Crippen molar-refractivity contribution in [2.75, 3.05) is 13.1 Å². The van der Waals surface area contributed by atoms with Gasteiger partial charge in [0.1, 0.15) is 17.2 Å². The van der Waals surface area contributed by atoms with E-state index in [1.165, 1.54) is 0 Å². The van der Waals surface area contributed by atoms with Gasteiger partial charge >= 0.3 is 0 Å². The number of ether oxygens (including phenoxy) is 1. The van der Waals surface area contributed by atoms with E-state index in [0.29, 0.717) is 30.1 Å². The van der Waals surface area contributed by atoms with Gasteiger partial charge in [-0.1, -0.05) is 24.1 Å². The van der Waals surface area contributed by atoms with Gasteiger partial charge in [0.2, 0.25) is 0 Å². The van der Waals surface area contributed by atoms with Crippen molar-refractivity contribution in [1.29, 1.82) is 0 Å². The zero-order chi connectivity index (χ0) is 22.5. The number of rotatable bonds is 5. The molecule has 0 radical (unpaired) electrons. The van der Waals surface area contributed by atoms with Crippen LogP contribution in [0.15, 0.2) is 60.8 Å². The van der Waals surface area contributed by atoms with Gasteiger partial charge < -0.3 is 15.4 Å². The minimum absolute atomic E-state index is 0.0427. The van der Waals surface area contributed by atoms with E-state index < -0.39 is 5.91 Å². The monoisotopic (exact) mass is 428 g/mol. The molecule has 162 valence electrons. The molecule has 2 N–H and O–H groups in total. The lowest BCUT2D eigenvalue weighted by molar-refractivity contribution is -0.126. The highest BCUT2D eigenvalue weighted by molar-refractivity contribution is 5.98. The van der Waals surface area contributed by atoms with Gasteiger partial charge in [-0.15, -0.1) is 0 Å². The molecule has 1 aromatic heterocycles. The molecular formula is C25H24N4O3. The van der Waals surface area contributed by atoms with Crippen LogP contribution in [0.3, 0.4) is 0 Å². The highest BCUT2D eigenvalue weighted by Crippen LogP contribution is 2.29. The Morgan fingerprint density at radius 1 is 1.09 bits per heavy atom. The maximum absolute atomic E-state index is 12.2. The summed E-state index contributed by atoms with van der Waals surface area (Å²) in [6.07, 6.45) is 3.37. The standard InChI is InChI=1S/C25H24N4O3/c1-2-7-23(30)28-15-6-8-19(16-28)29-17-22(25(26)31)24(27-29)18-11-13-21(14-12-18)32-20-9-4-3-5-10-20/h3-5,9-14,17,19H,6,8,15-16H2,1H3,(H2,26,31)/t19-/m1/s1. The van der Waals surface area contributed by atoms with Gasteiger partial charge in [0.15, 0.2) is 0 Å². The van der Waals surface area contributed by atoms with Gasteiger partial charge in [-0.05, 0) is 62.1 Å². The maximum Gasteiger partial charge on any atom is 0.298 e. The molecule has 0 bridgehead atoms.